The summed E-state index contributed by atoms with van der Waals surface area (Å²) in [6.45, 7) is 5.94. The summed E-state index contributed by atoms with van der Waals surface area (Å²) >= 11 is 0. The summed E-state index contributed by atoms with van der Waals surface area (Å²) < 4.78 is 5.50. The van der Waals surface area contributed by atoms with E-state index in [4.69, 9.17) is 15.3 Å². The van der Waals surface area contributed by atoms with E-state index in [1.165, 1.54) is 0 Å². The Morgan fingerprint density at radius 2 is 1.65 bits per heavy atom. The Kier molecular flexibility index (Phi) is 6.42. The molecule has 3 aromatic rings. The number of hydrogen-bond donors (Lipinski definition) is 1. The molecule has 1 aliphatic heterocycles. The van der Waals surface area contributed by atoms with E-state index in [0.717, 1.165) is 27.8 Å². The zero-order valence-electron chi connectivity index (χ0n) is 21.2. The van der Waals surface area contributed by atoms with E-state index in [9.17, 15) is 9.59 Å². The normalized spacial score (nSPS) is 23.1. The Morgan fingerprint density at radius 1 is 1.00 bits per heavy atom. The van der Waals surface area contributed by atoms with Gasteiger partial charge < -0.3 is 15.3 Å². The fraction of sp³-hybridized carbons (Fsp3) is 0.258. The van der Waals surface area contributed by atoms with Gasteiger partial charge in [-0.15, -0.1) is 0 Å². The highest BCUT2D eigenvalue weighted by molar-refractivity contribution is 6.20. The number of benzene rings is 3. The van der Waals surface area contributed by atoms with Crippen LogP contribution in [0, 0.1) is 19.3 Å². The number of hydrogen-bond acceptors (Lipinski definition) is 6. The fourth-order valence-corrected chi connectivity index (χ4v) is 5.89. The minimum absolute atomic E-state index is 0.189. The standard InChI is InChI=1S/C31H30N2O4/c1-4-36-29(34)26-25(32)18-24(22-14-8-10-19(2)16-22)31(27(26)23-15-9-11-20(3)17-23)28(33-37-30(31)35)21-12-6-5-7-13-21/h5-17,24,27H,4,18,32H2,1-3H3. The fourth-order valence-electron chi connectivity index (χ4n) is 5.89. The molecule has 5 rings (SSSR count). The van der Waals surface area contributed by atoms with Crippen LogP contribution in [0.1, 0.15) is 53.0 Å². The van der Waals surface area contributed by atoms with E-state index in [1.54, 1.807) is 6.92 Å². The lowest BCUT2D eigenvalue weighted by molar-refractivity contribution is -0.150. The van der Waals surface area contributed by atoms with Gasteiger partial charge in [-0.1, -0.05) is 95.1 Å². The number of allylic oxidation sites excluding steroid dienone is 1. The monoisotopic (exact) mass is 494 g/mol. The van der Waals surface area contributed by atoms with Gasteiger partial charge in [-0.25, -0.2) is 9.59 Å². The predicted octanol–water partition coefficient (Wildman–Crippen LogP) is 5.30. The molecule has 6 heteroatoms. The second-order valence-corrected chi connectivity index (χ2v) is 9.73. The third kappa shape index (κ3) is 4.02. The number of rotatable bonds is 5. The van der Waals surface area contributed by atoms with E-state index in [1.807, 2.05) is 86.6 Å². The molecule has 0 amide bonds. The largest absolute Gasteiger partial charge is 0.463 e. The quantitative estimate of drug-likeness (QED) is 0.384. The molecule has 0 saturated carbocycles. The van der Waals surface area contributed by atoms with Crippen LogP contribution in [0.4, 0.5) is 0 Å². The molecule has 188 valence electrons. The number of nitrogens with zero attached hydrogens (tertiary/aromatic N) is 1. The van der Waals surface area contributed by atoms with Gasteiger partial charge in [-0.2, -0.15) is 0 Å². The molecule has 2 aliphatic rings. The SMILES string of the molecule is CCOC(=O)C1=C(N)CC(c2cccc(C)c2)C2(C(=O)ON=C2c2ccccc2)C1c1cccc(C)c1. The molecule has 1 heterocycles. The first-order valence-corrected chi connectivity index (χ1v) is 12.5. The molecular weight excluding hydrogens is 464 g/mol. The molecule has 37 heavy (non-hydrogen) atoms. The topological polar surface area (TPSA) is 91.0 Å². The van der Waals surface area contributed by atoms with Crippen molar-refractivity contribution in [1.29, 1.82) is 0 Å². The van der Waals surface area contributed by atoms with Crippen molar-refractivity contribution >= 4 is 17.7 Å². The highest BCUT2D eigenvalue weighted by Crippen LogP contribution is 2.60. The molecule has 0 saturated heterocycles. The number of carbonyl (C=O) groups excluding carboxylic acids is 2. The number of aryl methyl sites for hydroxylation is 2. The number of ether oxygens (including phenoxy) is 1. The van der Waals surface area contributed by atoms with Crippen LogP contribution in [-0.4, -0.2) is 24.3 Å². The van der Waals surface area contributed by atoms with Gasteiger partial charge in [-0.05, 0) is 38.3 Å². The first kappa shape index (κ1) is 24.5. The average Bonchev–Trinajstić information content (AvgIpc) is 3.22. The zero-order valence-corrected chi connectivity index (χ0v) is 21.2. The van der Waals surface area contributed by atoms with Crippen LogP contribution >= 0.6 is 0 Å². The van der Waals surface area contributed by atoms with Crippen molar-refractivity contribution in [2.45, 2.75) is 39.0 Å². The lowest BCUT2D eigenvalue weighted by Gasteiger charge is -2.46. The van der Waals surface area contributed by atoms with Gasteiger partial charge in [0, 0.05) is 23.1 Å². The van der Waals surface area contributed by atoms with Gasteiger partial charge in [0.2, 0.25) is 0 Å². The van der Waals surface area contributed by atoms with Crippen LogP contribution in [0.3, 0.4) is 0 Å². The van der Waals surface area contributed by atoms with Crippen molar-refractivity contribution in [3.05, 3.63) is 118 Å². The van der Waals surface area contributed by atoms with Gasteiger partial charge in [0.05, 0.1) is 12.2 Å². The molecule has 3 aromatic carbocycles. The second-order valence-electron chi connectivity index (χ2n) is 9.73. The van der Waals surface area contributed by atoms with E-state index < -0.39 is 29.2 Å². The van der Waals surface area contributed by atoms with Gasteiger partial charge in [-0.3, -0.25) is 0 Å². The van der Waals surface area contributed by atoms with E-state index >= 15 is 0 Å². The smallest absolute Gasteiger partial charge is 0.348 e. The summed E-state index contributed by atoms with van der Waals surface area (Å²) in [5, 5.41) is 4.38. The minimum atomic E-state index is -1.34. The summed E-state index contributed by atoms with van der Waals surface area (Å²) in [4.78, 5) is 33.2. The van der Waals surface area contributed by atoms with Gasteiger partial charge >= 0.3 is 11.9 Å². The van der Waals surface area contributed by atoms with Crippen molar-refractivity contribution in [3.63, 3.8) is 0 Å². The number of nitrogens with two attached hydrogens (primary N) is 1. The first-order valence-electron chi connectivity index (χ1n) is 12.5. The summed E-state index contributed by atoms with van der Waals surface area (Å²) in [5.74, 6) is -2.22. The molecular formula is C31H30N2O4. The highest BCUT2D eigenvalue weighted by Gasteiger charge is 2.65. The van der Waals surface area contributed by atoms with E-state index in [0.29, 0.717) is 17.0 Å². The van der Waals surface area contributed by atoms with Crippen molar-refractivity contribution in [1.82, 2.24) is 0 Å². The molecule has 0 bridgehead atoms. The lowest BCUT2D eigenvalue weighted by atomic mass is 9.53. The number of esters is 1. The van der Waals surface area contributed by atoms with Crippen molar-refractivity contribution in [2.24, 2.45) is 16.3 Å². The molecule has 3 atom stereocenters. The van der Waals surface area contributed by atoms with Gasteiger partial charge in [0.1, 0.15) is 11.1 Å². The highest BCUT2D eigenvalue weighted by atomic mass is 16.7. The van der Waals surface area contributed by atoms with Crippen molar-refractivity contribution in [3.8, 4) is 0 Å². The molecule has 0 aromatic heterocycles. The first-order chi connectivity index (χ1) is 17.9. The molecule has 3 unspecified atom stereocenters. The number of oxime groups is 1. The Hall–Kier alpha value is -4.19. The summed E-state index contributed by atoms with van der Waals surface area (Å²) in [7, 11) is 0. The molecule has 6 nitrogen and oxygen atoms in total. The van der Waals surface area contributed by atoms with Crippen LogP contribution < -0.4 is 5.73 Å². The Labute approximate surface area is 216 Å². The van der Waals surface area contributed by atoms with Crippen LogP contribution in [0.5, 0.6) is 0 Å². The minimum Gasteiger partial charge on any atom is -0.463 e. The lowest BCUT2D eigenvalue weighted by Crippen LogP contribution is -2.51. The third-order valence-electron chi connectivity index (χ3n) is 7.38. The Bertz CT molecular complexity index is 1430. The zero-order chi connectivity index (χ0) is 26.2. The van der Waals surface area contributed by atoms with Crippen LogP contribution in [0.15, 0.2) is 95.3 Å². The summed E-state index contributed by atoms with van der Waals surface area (Å²) in [6.07, 6.45) is 0.279. The van der Waals surface area contributed by atoms with E-state index in [-0.39, 0.29) is 13.0 Å². The summed E-state index contributed by atoms with van der Waals surface area (Å²) in [5.41, 5.74) is 11.1. The van der Waals surface area contributed by atoms with Crippen LogP contribution in [0.25, 0.3) is 0 Å². The molecule has 1 aliphatic carbocycles. The molecule has 1 spiro atoms. The maximum absolute atomic E-state index is 14.2. The Balaban J connectivity index is 1.88. The predicted molar refractivity (Wildman–Crippen MR) is 142 cm³/mol. The maximum Gasteiger partial charge on any atom is 0.348 e. The van der Waals surface area contributed by atoms with Gasteiger partial charge in [0.15, 0.2) is 0 Å². The van der Waals surface area contributed by atoms with Crippen LogP contribution in [-0.2, 0) is 19.2 Å². The number of carbonyl (C=O) groups is 2. The molecule has 0 fully saturated rings. The van der Waals surface area contributed by atoms with Gasteiger partial charge in [0.25, 0.3) is 0 Å². The van der Waals surface area contributed by atoms with Crippen molar-refractivity contribution in [2.75, 3.05) is 6.61 Å². The summed E-state index contributed by atoms with van der Waals surface area (Å²) in [6, 6.07) is 25.4. The average molecular weight is 495 g/mol. The third-order valence-corrected chi connectivity index (χ3v) is 7.38. The second kappa shape index (κ2) is 9.69. The van der Waals surface area contributed by atoms with Crippen LogP contribution in [0.2, 0.25) is 0 Å². The maximum atomic E-state index is 14.2. The van der Waals surface area contributed by atoms with Crippen molar-refractivity contribution < 1.29 is 19.2 Å². The Morgan fingerprint density at radius 3 is 2.30 bits per heavy atom. The molecule has 2 N–H and O–H groups in total. The molecule has 0 radical (unpaired) electrons. The van der Waals surface area contributed by atoms with E-state index in [2.05, 4.69) is 11.2 Å².